The molecule has 0 saturated carbocycles. The van der Waals surface area contributed by atoms with E-state index in [1.165, 1.54) is 18.6 Å². The van der Waals surface area contributed by atoms with Crippen LogP contribution < -0.4 is 0 Å². The molecule has 1 fully saturated rings. The number of halogens is 1. The summed E-state index contributed by atoms with van der Waals surface area (Å²) in [6.07, 6.45) is 4.63. The Hall–Kier alpha value is -0.680. The third-order valence-electron chi connectivity index (χ3n) is 4.27. The van der Waals surface area contributed by atoms with E-state index in [-0.39, 0.29) is 0 Å². The summed E-state index contributed by atoms with van der Waals surface area (Å²) in [5, 5.41) is 4.66. The van der Waals surface area contributed by atoms with E-state index in [4.69, 9.17) is 16.6 Å². The molecule has 6 heteroatoms. The molecule has 0 radical (unpaired) electrons. The fourth-order valence-corrected chi connectivity index (χ4v) is 4.75. The number of fused-ring (bicyclic) bond motifs is 1. The molecule has 3 rings (SSSR count). The molecule has 1 aliphatic heterocycles. The van der Waals surface area contributed by atoms with Crippen LogP contribution in [-0.4, -0.2) is 29.8 Å². The van der Waals surface area contributed by atoms with Gasteiger partial charge in [0.2, 0.25) is 0 Å². The second-order valence-electron chi connectivity index (χ2n) is 6.14. The highest BCUT2D eigenvalue weighted by Crippen LogP contribution is 2.40. The van der Waals surface area contributed by atoms with Crippen LogP contribution in [0.15, 0.2) is 0 Å². The average molecular weight is 327 g/mol. The van der Waals surface area contributed by atoms with Crippen LogP contribution >= 0.6 is 23.4 Å². The molecule has 2 aromatic heterocycles. The monoisotopic (exact) mass is 326 g/mol. The highest BCUT2D eigenvalue weighted by atomic mass is 35.5. The van der Waals surface area contributed by atoms with Gasteiger partial charge in [0, 0.05) is 18.3 Å². The van der Waals surface area contributed by atoms with Gasteiger partial charge in [-0.15, -0.1) is 11.6 Å². The first-order chi connectivity index (χ1) is 10.1. The Morgan fingerprint density at radius 2 is 2.24 bits per heavy atom. The van der Waals surface area contributed by atoms with Crippen LogP contribution in [-0.2, 0) is 25.9 Å². The number of rotatable bonds is 5. The molecule has 1 saturated heterocycles. The molecule has 2 aromatic rings. The van der Waals surface area contributed by atoms with E-state index >= 15 is 0 Å². The van der Waals surface area contributed by atoms with E-state index in [1.807, 2.05) is 11.7 Å². The number of hydrogen-bond donors (Lipinski definition) is 0. The maximum absolute atomic E-state index is 6.15. The summed E-state index contributed by atoms with van der Waals surface area (Å²) >= 11 is 8.23. The lowest BCUT2D eigenvalue weighted by Gasteiger charge is -2.24. The van der Waals surface area contributed by atoms with Crippen molar-refractivity contribution in [3.8, 4) is 0 Å². The Kier molecular flexibility index (Phi) is 4.23. The zero-order chi connectivity index (χ0) is 15.0. The number of imidazole rings is 1. The van der Waals surface area contributed by atoms with Crippen molar-refractivity contribution in [2.45, 2.75) is 56.7 Å². The zero-order valence-electron chi connectivity index (χ0n) is 13.0. The van der Waals surface area contributed by atoms with Crippen LogP contribution in [0.3, 0.4) is 0 Å². The molecule has 21 heavy (non-hydrogen) atoms. The van der Waals surface area contributed by atoms with E-state index in [0.29, 0.717) is 10.6 Å². The van der Waals surface area contributed by atoms with Crippen LogP contribution in [0.1, 0.15) is 44.6 Å². The highest BCUT2D eigenvalue weighted by Gasteiger charge is 2.32. The van der Waals surface area contributed by atoms with Crippen molar-refractivity contribution in [2.24, 2.45) is 7.05 Å². The Morgan fingerprint density at radius 3 is 2.86 bits per heavy atom. The fraction of sp³-hybridized carbons (Fsp3) is 0.733. The minimum atomic E-state index is 0.295. The maximum atomic E-state index is 6.15. The molecular weight excluding hydrogens is 304 g/mol. The summed E-state index contributed by atoms with van der Waals surface area (Å²) < 4.78 is 4.57. The number of nitrogens with zero attached hydrogens (tertiary/aromatic N) is 4. The van der Waals surface area contributed by atoms with Gasteiger partial charge < -0.3 is 4.57 Å². The first-order valence-electron chi connectivity index (χ1n) is 7.69. The SMILES string of the molecule is CCCc1nn(C)c2c1nc(CCl)n2CC1(C)CCCS1. The normalized spacial score (nSPS) is 22.5. The fourth-order valence-electron chi connectivity index (χ4n) is 3.26. The molecule has 1 unspecified atom stereocenters. The van der Waals surface area contributed by atoms with Crippen LogP contribution in [0.4, 0.5) is 0 Å². The van der Waals surface area contributed by atoms with Gasteiger partial charge in [0.1, 0.15) is 11.3 Å². The van der Waals surface area contributed by atoms with E-state index in [1.54, 1.807) is 0 Å². The average Bonchev–Trinajstić information content (AvgIpc) is 3.10. The van der Waals surface area contributed by atoms with Gasteiger partial charge in [-0.25, -0.2) is 4.98 Å². The molecule has 1 aliphatic rings. The smallest absolute Gasteiger partial charge is 0.158 e. The van der Waals surface area contributed by atoms with E-state index in [0.717, 1.165) is 42.1 Å². The van der Waals surface area contributed by atoms with Gasteiger partial charge in [-0.05, 0) is 31.9 Å². The first-order valence-corrected chi connectivity index (χ1v) is 9.21. The molecular formula is C15H23ClN4S. The van der Waals surface area contributed by atoms with E-state index in [2.05, 4.69) is 35.3 Å². The Bertz CT molecular complexity index is 640. The van der Waals surface area contributed by atoms with Gasteiger partial charge in [-0.2, -0.15) is 16.9 Å². The topological polar surface area (TPSA) is 35.6 Å². The number of aryl methyl sites for hydroxylation is 2. The lowest BCUT2D eigenvalue weighted by molar-refractivity contribution is 0.503. The van der Waals surface area contributed by atoms with Crippen molar-refractivity contribution in [3.63, 3.8) is 0 Å². The summed E-state index contributed by atoms with van der Waals surface area (Å²) in [6.45, 7) is 5.51. The van der Waals surface area contributed by atoms with E-state index in [9.17, 15) is 0 Å². The zero-order valence-corrected chi connectivity index (χ0v) is 14.6. The molecule has 0 bridgehead atoms. The van der Waals surface area contributed by atoms with Crippen molar-refractivity contribution in [2.75, 3.05) is 5.75 Å². The summed E-state index contributed by atoms with van der Waals surface area (Å²) in [5.41, 5.74) is 3.27. The Morgan fingerprint density at radius 1 is 1.43 bits per heavy atom. The quantitative estimate of drug-likeness (QED) is 0.785. The van der Waals surface area contributed by atoms with Gasteiger partial charge in [-0.3, -0.25) is 4.68 Å². The third-order valence-corrected chi connectivity index (χ3v) is 6.03. The van der Waals surface area contributed by atoms with Crippen molar-refractivity contribution >= 4 is 34.5 Å². The second-order valence-corrected chi connectivity index (χ2v) is 8.09. The largest absolute Gasteiger partial charge is 0.310 e. The lowest BCUT2D eigenvalue weighted by atomic mass is 10.1. The van der Waals surface area contributed by atoms with Crippen molar-refractivity contribution < 1.29 is 0 Å². The molecule has 0 amide bonds. The number of aromatic nitrogens is 4. The Balaban J connectivity index is 2.07. The second kappa shape index (κ2) is 5.84. The van der Waals surface area contributed by atoms with Crippen LogP contribution in [0, 0.1) is 0 Å². The summed E-state index contributed by atoms with van der Waals surface area (Å²) in [7, 11) is 2.02. The van der Waals surface area contributed by atoms with Gasteiger partial charge in [0.25, 0.3) is 0 Å². The third kappa shape index (κ3) is 2.70. The van der Waals surface area contributed by atoms with Gasteiger partial charge in [-0.1, -0.05) is 13.3 Å². The molecule has 0 N–H and O–H groups in total. The Labute approximate surface area is 135 Å². The molecule has 3 heterocycles. The first kappa shape index (κ1) is 15.2. The predicted octanol–water partition coefficient (Wildman–Crippen LogP) is 3.75. The standard InChI is InChI=1S/C15H23ClN4S/c1-4-6-11-13-14(19(3)18-11)20(12(9-16)17-13)10-15(2)7-5-8-21-15/h4-10H2,1-3H3. The molecule has 4 nitrogen and oxygen atoms in total. The number of hydrogen-bond acceptors (Lipinski definition) is 3. The lowest BCUT2D eigenvalue weighted by Crippen LogP contribution is -2.25. The molecule has 0 spiro atoms. The van der Waals surface area contributed by atoms with Crippen LogP contribution in [0.2, 0.25) is 0 Å². The minimum absolute atomic E-state index is 0.295. The molecule has 116 valence electrons. The van der Waals surface area contributed by atoms with Gasteiger partial charge in [0.05, 0.1) is 11.6 Å². The molecule has 0 aliphatic carbocycles. The van der Waals surface area contributed by atoms with Crippen LogP contribution in [0.5, 0.6) is 0 Å². The number of alkyl halides is 1. The summed E-state index contributed by atoms with van der Waals surface area (Å²) in [5.74, 6) is 2.70. The highest BCUT2D eigenvalue weighted by molar-refractivity contribution is 8.00. The van der Waals surface area contributed by atoms with Crippen molar-refractivity contribution in [3.05, 3.63) is 11.5 Å². The van der Waals surface area contributed by atoms with Crippen molar-refractivity contribution in [1.82, 2.24) is 19.3 Å². The summed E-state index contributed by atoms with van der Waals surface area (Å²) in [6, 6.07) is 0. The van der Waals surface area contributed by atoms with Crippen molar-refractivity contribution in [1.29, 1.82) is 0 Å². The summed E-state index contributed by atoms with van der Waals surface area (Å²) in [4.78, 5) is 4.78. The molecule has 1 atom stereocenters. The van der Waals surface area contributed by atoms with Crippen LogP contribution in [0.25, 0.3) is 11.2 Å². The van der Waals surface area contributed by atoms with Gasteiger partial charge >= 0.3 is 0 Å². The predicted molar refractivity (Wildman–Crippen MR) is 90.1 cm³/mol. The maximum Gasteiger partial charge on any atom is 0.158 e. The number of thioether (sulfide) groups is 1. The van der Waals surface area contributed by atoms with E-state index < -0.39 is 0 Å². The van der Waals surface area contributed by atoms with Gasteiger partial charge in [0.15, 0.2) is 5.65 Å². The minimum Gasteiger partial charge on any atom is -0.310 e. The molecule has 0 aromatic carbocycles.